The zero-order valence-corrected chi connectivity index (χ0v) is 12.5. The highest BCUT2D eigenvalue weighted by molar-refractivity contribution is 5.90. The van der Waals surface area contributed by atoms with E-state index in [0.29, 0.717) is 25.2 Å². The minimum atomic E-state index is -0.326. The summed E-state index contributed by atoms with van der Waals surface area (Å²) >= 11 is 0. The van der Waals surface area contributed by atoms with Gasteiger partial charge in [0, 0.05) is 25.2 Å². The minimum Gasteiger partial charge on any atom is -0.454 e. The number of fused-ring (bicyclic) bond motifs is 1. The molecule has 1 amide bonds. The van der Waals surface area contributed by atoms with Crippen LogP contribution in [0.15, 0.2) is 42.5 Å². The zero-order valence-electron chi connectivity index (χ0n) is 12.5. The van der Waals surface area contributed by atoms with E-state index >= 15 is 0 Å². The number of amides is 1. The number of carbonyl (C=O) groups excluding carboxylic acids is 1. The van der Waals surface area contributed by atoms with Gasteiger partial charge in [0.2, 0.25) is 12.7 Å². The molecular weight excluding hydrogens is 299 g/mol. The first-order chi connectivity index (χ1) is 11.2. The molecule has 0 saturated heterocycles. The Labute approximate surface area is 133 Å². The summed E-state index contributed by atoms with van der Waals surface area (Å²) in [6.07, 6.45) is 0.335. The van der Waals surface area contributed by atoms with Crippen LogP contribution in [0.5, 0.6) is 11.5 Å². The van der Waals surface area contributed by atoms with Gasteiger partial charge >= 0.3 is 0 Å². The van der Waals surface area contributed by atoms with Crippen LogP contribution in [0.1, 0.15) is 12.0 Å². The normalized spacial score (nSPS) is 12.2. The third-order valence-electron chi connectivity index (χ3n) is 3.42. The van der Waals surface area contributed by atoms with E-state index in [4.69, 9.17) is 9.47 Å². The van der Waals surface area contributed by atoms with Gasteiger partial charge in [-0.1, -0.05) is 6.07 Å². The van der Waals surface area contributed by atoms with Gasteiger partial charge in [-0.05, 0) is 42.0 Å². The van der Waals surface area contributed by atoms with Crippen LogP contribution >= 0.6 is 0 Å². The van der Waals surface area contributed by atoms with Crippen molar-refractivity contribution in [3.05, 3.63) is 53.8 Å². The predicted octanol–water partition coefficient (Wildman–Crippen LogP) is 2.67. The van der Waals surface area contributed by atoms with Crippen LogP contribution < -0.4 is 20.1 Å². The van der Waals surface area contributed by atoms with Crippen LogP contribution in [0.2, 0.25) is 0 Å². The van der Waals surface area contributed by atoms with E-state index < -0.39 is 0 Å². The maximum Gasteiger partial charge on any atom is 0.231 e. The average molecular weight is 316 g/mol. The highest BCUT2D eigenvalue weighted by atomic mass is 19.1. The molecule has 3 rings (SSSR count). The number of halogens is 1. The molecule has 6 heteroatoms. The van der Waals surface area contributed by atoms with Crippen molar-refractivity contribution >= 4 is 11.6 Å². The molecule has 0 radical (unpaired) electrons. The molecule has 0 aliphatic carbocycles. The van der Waals surface area contributed by atoms with Crippen LogP contribution in [0, 0.1) is 5.82 Å². The lowest BCUT2D eigenvalue weighted by Gasteiger charge is -2.07. The van der Waals surface area contributed by atoms with Crippen molar-refractivity contribution in [3.8, 4) is 11.5 Å². The number of nitrogens with one attached hydrogen (secondary N) is 2. The van der Waals surface area contributed by atoms with Gasteiger partial charge in [-0.15, -0.1) is 0 Å². The molecule has 5 nitrogen and oxygen atoms in total. The largest absolute Gasteiger partial charge is 0.454 e. The SMILES string of the molecule is O=C(CCNCc1ccc2c(c1)OCO2)Nc1ccc(F)cc1. The highest BCUT2D eigenvalue weighted by Crippen LogP contribution is 2.32. The Morgan fingerprint density at radius 3 is 2.70 bits per heavy atom. The number of benzene rings is 2. The molecule has 1 aliphatic rings. The molecule has 1 heterocycles. The molecule has 1 aliphatic heterocycles. The minimum absolute atomic E-state index is 0.116. The molecule has 0 spiro atoms. The number of carbonyl (C=O) groups is 1. The Balaban J connectivity index is 1.39. The van der Waals surface area contributed by atoms with E-state index in [2.05, 4.69) is 10.6 Å². The van der Waals surface area contributed by atoms with E-state index in [1.165, 1.54) is 24.3 Å². The molecule has 23 heavy (non-hydrogen) atoms. The maximum atomic E-state index is 12.8. The lowest BCUT2D eigenvalue weighted by atomic mass is 10.2. The van der Waals surface area contributed by atoms with Crippen LogP contribution in [-0.4, -0.2) is 19.2 Å². The monoisotopic (exact) mass is 316 g/mol. The van der Waals surface area contributed by atoms with Crippen LogP contribution in [0.25, 0.3) is 0 Å². The maximum absolute atomic E-state index is 12.8. The van der Waals surface area contributed by atoms with Crippen LogP contribution in [-0.2, 0) is 11.3 Å². The number of hydrogen-bond donors (Lipinski definition) is 2. The van der Waals surface area contributed by atoms with Gasteiger partial charge in [0.15, 0.2) is 11.5 Å². The molecule has 2 aromatic rings. The Morgan fingerprint density at radius 1 is 1.09 bits per heavy atom. The smallest absolute Gasteiger partial charge is 0.231 e. The van der Waals surface area contributed by atoms with Gasteiger partial charge in [0.05, 0.1) is 0 Å². The predicted molar refractivity (Wildman–Crippen MR) is 83.9 cm³/mol. The second kappa shape index (κ2) is 7.11. The number of hydrogen-bond acceptors (Lipinski definition) is 4. The number of ether oxygens (including phenoxy) is 2. The highest BCUT2D eigenvalue weighted by Gasteiger charge is 2.12. The summed E-state index contributed by atoms with van der Waals surface area (Å²) in [6.45, 7) is 1.44. The van der Waals surface area contributed by atoms with Crippen molar-refractivity contribution in [2.45, 2.75) is 13.0 Å². The first-order valence-electron chi connectivity index (χ1n) is 7.35. The van der Waals surface area contributed by atoms with Crippen molar-refractivity contribution in [3.63, 3.8) is 0 Å². The van der Waals surface area contributed by atoms with Gasteiger partial charge < -0.3 is 20.1 Å². The Morgan fingerprint density at radius 2 is 1.87 bits per heavy atom. The van der Waals surface area contributed by atoms with Gasteiger partial charge in [0.1, 0.15) is 5.82 Å². The third kappa shape index (κ3) is 4.20. The first-order valence-corrected chi connectivity index (χ1v) is 7.35. The van der Waals surface area contributed by atoms with E-state index in [1.54, 1.807) is 0 Å². The summed E-state index contributed by atoms with van der Waals surface area (Å²) in [5.41, 5.74) is 1.65. The second-order valence-corrected chi connectivity index (χ2v) is 5.17. The lowest BCUT2D eigenvalue weighted by molar-refractivity contribution is -0.116. The fraction of sp³-hybridized carbons (Fsp3) is 0.235. The van der Waals surface area contributed by atoms with E-state index in [-0.39, 0.29) is 18.5 Å². The fourth-order valence-corrected chi connectivity index (χ4v) is 2.24. The van der Waals surface area contributed by atoms with Crippen LogP contribution in [0.3, 0.4) is 0 Å². The first kappa shape index (κ1) is 15.3. The molecule has 0 bridgehead atoms. The Kier molecular flexibility index (Phi) is 4.73. The summed E-state index contributed by atoms with van der Waals surface area (Å²) in [5, 5.41) is 5.92. The number of rotatable bonds is 6. The molecule has 120 valence electrons. The molecular formula is C17H17FN2O3. The fourth-order valence-electron chi connectivity index (χ4n) is 2.24. The summed E-state index contributed by atoms with van der Waals surface area (Å²) in [6, 6.07) is 11.5. The number of anilines is 1. The summed E-state index contributed by atoms with van der Waals surface area (Å²) < 4.78 is 23.4. The average Bonchev–Trinajstić information content (AvgIpc) is 3.01. The second-order valence-electron chi connectivity index (χ2n) is 5.17. The Bertz CT molecular complexity index is 689. The van der Waals surface area contributed by atoms with E-state index in [1.807, 2.05) is 18.2 Å². The van der Waals surface area contributed by atoms with E-state index in [9.17, 15) is 9.18 Å². The molecule has 2 aromatic carbocycles. The Hall–Kier alpha value is -2.60. The summed E-state index contributed by atoms with van der Waals surface area (Å²) in [4.78, 5) is 11.8. The van der Waals surface area contributed by atoms with Gasteiger partial charge in [-0.2, -0.15) is 0 Å². The molecule has 0 aromatic heterocycles. The summed E-state index contributed by atoms with van der Waals surface area (Å²) in [5.74, 6) is 1.06. The molecule has 0 unspecified atom stereocenters. The van der Waals surface area contributed by atoms with Crippen LogP contribution in [0.4, 0.5) is 10.1 Å². The van der Waals surface area contributed by atoms with Crippen molar-refractivity contribution in [2.24, 2.45) is 0 Å². The van der Waals surface area contributed by atoms with Crippen molar-refractivity contribution in [1.82, 2.24) is 5.32 Å². The van der Waals surface area contributed by atoms with E-state index in [0.717, 1.165) is 17.1 Å². The van der Waals surface area contributed by atoms with Crippen molar-refractivity contribution in [1.29, 1.82) is 0 Å². The zero-order chi connectivity index (χ0) is 16.1. The van der Waals surface area contributed by atoms with Gasteiger partial charge in [-0.3, -0.25) is 4.79 Å². The quantitative estimate of drug-likeness (QED) is 0.805. The van der Waals surface area contributed by atoms with Gasteiger partial charge in [-0.25, -0.2) is 4.39 Å². The van der Waals surface area contributed by atoms with Crippen molar-refractivity contribution < 1.29 is 18.7 Å². The molecule has 2 N–H and O–H groups in total. The third-order valence-corrected chi connectivity index (χ3v) is 3.42. The van der Waals surface area contributed by atoms with Crippen molar-refractivity contribution in [2.75, 3.05) is 18.7 Å². The van der Waals surface area contributed by atoms with Gasteiger partial charge in [0.25, 0.3) is 0 Å². The molecule has 0 saturated carbocycles. The molecule has 0 atom stereocenters. The standard InChI is InChI=1S/C17H17FN2O3/c18-13-2-4-14(5-3-13)20-17(21)7-8-19-10-12-1-6-15-16(9-12)23-11-22-15/h1-6,9,19H,7-8,10-11H2,(H,20,21). The summed E-state index contributed by atoms with van der Waals surface area (Å²) in [7, 11) is 0. The topological polar surface area (TPSA) is 59.6 Å². The lowest BCUT2D eigenvalue weighted by Crippen LogP contribution is -2.21. The molecule has 0 fully saturated rings.